The van der Waals surface area contributed by atoms with Crippen molar-refractivity contribution in [2.75, 3.05) is 33.9 Å². The SMILES string of the molecule is CCN(C(=O)c1cccc(OC)c1OC)C1CCN(C(C)c2ccccc2)C1. The van der Waals surface area contributed by atoms with Crippen LogP contribution in [0.4, 0.5) is 0 Å². The highest BCUT2D eigenvalue weighted by atomic mass is 16.5. The third kappa shape index (κ3) is 3.99. The first-order chi connectivity index (χ1) is 13.6. The fourth-order valence-electron chi connectivity index (χ4n) is 4.09. The standard InChI is InChI=1S/C23H30N2O3/c1-5-25(23(26)20-12-9-13-21(27-3)22(20)28-4)19-14-15-24(16-19)17(2)18-10-7-6-8-11-18/h6-13,17,19H,5,14-16H2,1-4H3. The van der Waals surface area contributed by atoms with Gasteiger partial charge in [0.15, 0.2) is 11.5 Å². The van der Waals surface area contributed by atoms with Crippen LogP contribution in [0.2, 0.25) is 0 Å². The number of benzene rings is 2. The minimum atomic E-state index is -0.00235. The second kappa shape index (κ2) is 9.11. The molecule has 0 bridgehead atoms. The first-order valence-corrected chi connectivity index (χ1v) is 9.91. The molecule has 1 aliphatic rings. The summed E-state index contributed by atoms with van der Waals surface area (Å²) in [6.45, 7) is 6.80. The Labute approximate surface area is 167 Å². The monoisotopic (exact) mass is 382 g/mol. The van der Waals surface area contributed by atoms with Crippen molar-refractivity contribution >= 4 is 5.91 Å². The summed E-state index contributed by atoms with van der Waals surface area (Å²) >= 11 is 0. The molecular weight excluding hydrogens is 352 g/mol. The number of methoxy groups -OCH3 is 2. The Hall–Kier alpha value is -2.53. The van der Waals surface area contributed by atoms with Crippen molar-refractivity contribution in [3.05, 3.63) is 59.7 Å². The van der Waals surface area contributed by atoms with Crippen molar-refractivity contribution in [1.29, 1.82) is 0 Å². The molecule has 0 radical (unpaired) electrons. The lowest BCUT2D eigenvalue weighted by molar-refractivity contribution is 0.0685. The number of carbonyl (C=O) groups is 1. The van der Waals surface area contributed by atoms with Gasteiger partial charge in [-0.15, -0.1) is 0 Å². The molecule has 1 saturated heterocycles. The zero-order valence-corrected chi connectivity index (χ0v) is 17.2. The highest BCUT2D eigenvalue weighted by Gasteiger charge is 2.33. The third-order valence-corrected chi connectivity index (χ3v) is 5.70. The number of likely N-dealkylation sites (N-methyl/N-ethyl adjacent to an activating group) is 1. The van der Waals surface area contributed by atoms with Gasteiger partial charge >= 0.3 is 0 Å². The van der Waals surface area contributed by atoms with Crippen molar-refractivity contribution in [2.45, 2.75) is 32.4 Å². The molecule has 1 heterocycles. The van der Waals surface area contributed by atoms with Crippen molar-refractivity contribution < 1.29 is 14.3 Å². The zero-order valence-electron chi connectivity index (χ0n) is 17.2. The maximum atomic E-state index is 13.3. The summed E-state index contributed by atoms with van der Waals surface area (Å²) in [6.07, 6.45) is 0.975. The van der Waals surface area contributed by atoms with Crippen LogP contribution < -0.4 is 9.47 Å². The summed E-state index contributed by atoms with van der Waals surface area (Å²) in [6, 6.07) is 16.5. The molecule has 5 nitrogen and oxygen atoms in total. The third-order valence-electron chi connectivity index (χ3n) is 5.70. The second-order valence-corrected chi connectivity index (χ2v) is 7.16. The van der Waals surface area contributed by atoms with Gasteiger partial charge in [-0.1, -0.05) is 36.4 Å². The lowest BCUT2D eigenvalue weighted by Crippen LogP contribution is -2.42. The molecule has 0 saturated carbocycles. The molecule has 1 fully saturated rings. The van der Waals surface area contributed by atoms with Crippen molar-refractivity contribution in [3.63, 3.8) is 0 Å². The van der Waals surface area contributed by atoms with Crippen LogP contribution in [0.5, 0.6) is 11.5 Å². The van der Waals surface area contributed by atoms with Crippen LogP contribution in [-0.4, -0.2) is 55.6 Å². The van der Waals surface area contributed by atoms with E-state index < -0.39 is 0 Å². The van der Waals surface area contributed by atoms with E-state index >= 15 is 0 Å². The normalized spacial score (nSPS) is 17.9. The van der Waals surface area contributed by atoms with E-state index in [1.807, 2.05) is 36.1 Å². The molecule has 0 aromatic heterocycles. The van der Waals surface area contributed by atoms with E-state index in [1.165, 1.54) is 5.56 Å². The largest absolute Gasteiger partial charge is 0.493 e. The molecule has 2 atom stereocenters. The molecule has 1 amide bonds. The van der Waals surface area contributed by atoms with Crippen LogP contribution in [0, 0.1) is 0 Å². The fraction of sp³-hybridized carbons (Fsp3) is 0.435. The van der Waals surface area contributed by atoms with Gasteiger partial charge in [-0.05, 0) is 38.0 Å². The van der Waals surface area contributed by atoms with Crippen LogP contribution in [0.15, 0.2) is 48.5 Å². The molecule has 1 aliphatic heterocycles. The molecule has 3 rings (SSSR count). The summed E-state index contributed by atoms with van der Waals surface area (Å²) in [7, 11) is 3.16. The first-order valence-electron chi connectivity index (χ1n) is 9.91. The van der Waals surface area contributed by atoms with Gasteiger partial charge in [-0.3, -0.25) is 9.69 Å². The summed E-state index contributed by atoms with van der Waals surface area (Å²) in [5.41, 5.74) is 1.87. The van der Waals surface area contributed by atoms with E-state index in [1.54, 1.807) is 14.2 Å². The molecule has 28 heavy (non-hydrogen) atoms. The number of rotatable bonds is 7. The average molecular weight is 383 g/mol. The second-order valence-electron chi connectivity index (χ2n) is 7.16. The number of amides is 1. The molecule has 0 N–H and O–H groups in total. The molecule has 2 aromatic carbocycles. The molecule has 150 valence electrons. The predicted octanol–water partition coefficient (Wildman–Crippen LogP) is 4.00. The molecule has 2 aromatic rings. The quantitative estimate of drug-likeness (QED) is 0.726. The van der Waals surface area contributed by atoms with Gasteiger partial charge in [0.05, 0.1) is 19.8 Å². The van der Waals surface area contributed by atoms with E-state index in [0.29, 0.717) is 29.6 Å². The number of para-hydroxylation sites is 1. The predicted molar refractivity (Wildman–Crippen MR) is 111 cm³/mol. The van der Waals surface area contributed by atoms with Gasteiger partial charge in [-0.25, -0.2) is 0 Å². The molecule has 5 heteroatoms. The molecule has 0 spiro atoms. The number of ether oxygens (including phenoxy) is 2. The lowest BCUT2D eigenvalue weighted by Gasteiger charge is -2.30. The lowest BCUT2D eigenvalue weighted by atomic mass is 10.1. The summed E-state index contributed by atoms with van der Waals surface area (Å²) in [5.74, 6) is 1.08. The molecule has 2 unspecified atom stereocenters. The minimum Gasteiger partial charge on any atom is -0.493 e. The van der Waals surface area contributed by atoms with Crippen molar-refractivity contribution in [2.24, 2.45) is 0 Å². The van der Waals surface area contributed by atoms with Gasteiger partial charge in [0.25, 0.3) is 5.91 Å². The van der Waals surface area contributed by atoms with Crippen molar-refractivity contribution in [1.82, 2.24) is 9.80 Å². The fourth-order valence-corrected chi connectivity index (χ4v) is 4.09. The molecular formula is C23H30N2O3. The van der Waals surface area contributed by atoms with E-state index in [-0.39, 0.29) is 11.9 Å². The van der Waals surface area contributed by atoms with Gasteiger partial charge in [0.1, 0.15) is 0 Å². The Morgan fingerprint density at radius 2 is 1.89 bits per heavy atom. The van der Waals surface area contributed by atoms with Crippen LogP contribution in [0.1, 0.15) is 42.2 Å². The summed E-state index contributed by atoms with van der Waals surface area (Å²) in [5, 5.41) is 0. The van der Waals surface area contributed by atoms with E-state index in [2.05, 4.69) is 36.1 Å². The Morgan fingerprint density at radius 1 is 1.14 bits per heavy atom. The van der Waals surface area contributed by atoms with Crippen LogP contribution in [-0.2, 0) is 0 Å². The number of carbonyl (C=O) groups excluding carboxylic acids is 1. The topological polar surface area (TPSA) is 42.0 Å². The van der Waals surface area contributed by atoms with Crippen LogP contribution in [0.3, 0.4) is 0 Å². The van der Waals surface area contributed by atoms with Gasteiger partial charge in [-0.2, -0.15) is 0 Å². The number of likely N-dealkylation sites (tertiary alicyclic amines) is 1. The van der Waals surface area contributed by atoms with E-state index in [4.69, 9.17) is 9.47 Å². The average Bonchev–Trinajstić information content (AvgIpc) is 3.23. The summed E-state index contributed by atoms with van der Waals surface area (Å²) < 4.78 is 10.8. The van der Waals surface area contributed by atoms with Gasteiger partial charge in [0.2, 0.25) is 0 Å². The maximum absolute atomic E-state index is 13.3. The highest BCUT2D eigenvalue weighted by molar-refractivity contribution is 5.98. The Balaban J connectivity index is 1.77. The van der Waals surface area contributed by atoms with Crippen LogP contribution >= 0.6 is 0 Å². The maximum Gasteiger partial charge on any atom is 0.258 e. The zero-order chi connectivity index (χ0) is 20.1. The van der Waals surface area contributed by atoms with Gasteiger partial charge < -0.3 is 14.4 Å². The van der Waals surface area contributed by atoms with E-state index in [9.17, 15) is 4.79 Å². The number of nitrogens with zero attached hydrogens (tertiary/aromatic N) is 2. The minimum absolute atomic E-state index is 0.00235. The Kier molecular flexibility index (Phi) is 6.57. The Bertz CT molecular complexity index is 794. The Morgan fingerprint density at radius 3 is 2.54 bits per heavy atom. The number of hydrogen-bond acceptors (Lipinski definition) is 4. The number of hydrogen-bond donors (Lipinski definition) is 0. The van der Waals surface area contributed by atoms with Gasteiger partial charge in [0, 0.05) is 31.7 Å². The van der Waals surface area contributed by atoms with Crippen LogP contribution in [0.25, 0.3) is 0 Å². The molecule has 0 aliphatic carbocycles. The van der Waals surface area contributed by atoms with Crippen molar-refractivity contribution in [3.8, 4) is 11.5 Å². The highest BCUT2D eigenvalue weighted by Crippen LogP contribution is 2.33. The summed E-state index contributed by atoms with van der Waals surface area (Å²) in [4.78, 5) is 17.8. The van der Waals surface area contributed by atoms with E-state index in [0.717, 1.165) is 19.5 Å². The first kappa shape index (κ1) is 20.2. The smallest absolute Gasteiger partial charge is 0.258 e.